The second-order valence-electron chi connectivity index (χ2n) is 3.56. The third-order valence-corrected chi connectivity index (χ3v) is 2.84. The number of rotatable bonds is 2. The van der Waals surface area contributed by atoms with Crippen LogP contribution in [0.4, 0.5) is 0 Å². The fourth-order valence-corrected chi connectivity index (χ4v) is 1.63. The molecule has 3 atom stereocenters. The van der Waals surface area contributed by atoms with Gasteiger partial charge in [0.2, 0.25) is 11.5 Å². The molecule has 1 N–H and O–H groups in total. The smallest absolute Gasteiger partial charge is 0.204 e. The highest BCUT2D eigenvalue weighted by Crippen LogP contribution is 2.32. The van der Waals surface area contributed by atoms with E-state index in [1.807, 2.05) is 6.92 Å². The third-order valence-electron chi connectivity index (χ3n) is 2.84. The van der Waals surface area contributed by atoms with Crippen molar-refractivity contribution < 1.29 is 19.4 Å². The zero-order chi connectivity index (χ0) is 10.9. The lowest BCUT2D eigenvalue weighted by molar-refractivity contribution is -0.127. The second kappa shape index (κ2) is 4.00. The van der Waals surface area contributed by atoms with Gasteiger partial charge in [0.1, 0.15) is 6.10 Å². The summed E-state index contributed by atoms with van der Waals surface area (Å²) < 4.78 is 9.92. The van der Waals surface area contributed by atoms with Gasteiger partial charge in [-0.15, -0.1) is 0 Å². The highest BCUT2D eigenvalue weighted by Gasteiger charge is 2.40. The molecule has 0 aromatic carbocycles. The van der Waals surface area contributed by atoms with E-state index in [0.717, 1.165) is 0 Å². The maximum Gasteiger partial charge on any atom is 0.204 e. The van der Waals surface area contributed by atoms with Crippen LogP contribution in [-0.2, 0) is 14.3 Å². The normalized spacial score (nSPS) is 33.2. The molecule has 0 saturated heterocycles. The van der Waals surface area contributed by atoms with Gasteiger partial charge in [-0.3, -0.25) is 4.79 Å². The lowest BCUT2D eigenvalue weighted by atomic mass is 9.81. The van der Waals surface area contributed by atoms with Crippen molar-refractivity contribution in [2.75, 3.05) is 14.2 Å². The topological polar surface area (TPSA) is 55.8 Å². The minimum atomic E-state index is -0.761. The number of Topliss-reactive ketones (excluding diaryl/α,β-unsaturated/α-hetero) is 1. The average Bonchev–Trinajstić information content (AvgIpc) is 2.20. The van der Waals surface area contributed by atoms with Gasteiger partial charge in [0, 0.05) is 5.92 Å². The van der Waals surface area contributed by atoms with Crippen molar-refractivity contribution in [3.05, 3.63) is 11.5 Å². The van der Waals surface area contributed by atoms with E-state index in [1.165, 1.54) is 14.2 Å². The van der Waals surface area contributed by atoms with Crippen LogP contribution in [0.15, 0.2) is 11.5 Å². The van der Waals surface area contributed by atoms with Gasteiger partial charge in [0.15, 0.2) is 5.76 Å². The van der Waals surface area contributed by atoms with Crippen molar-refractivity contribution in [1.82, 2.24) is 0 Å². The molecular weight excluding hydrogens is 184 g/mol. The fraction of sp³-hybridized carbons (Fsp3) is 0.700. The highest BCUT2D eigenvalue weighted by molar-refractivity contribution is 5.96. The Morgan fingerprint density at radius 1 is 1.21 bits per heavy atom. The van der Waals surface area contributed by atoms with Crippen molar-refractivity contribution in [3.8, 4) is 0 Å². The zero-order valence-electron chi connectivity index (χ0n) is 8.90. The van der Waals surface area contributed by atoms with Gasteiger partial charge in [-0.1, -0.05) is 13.8 Å². The molecule has 1 aliphatic rings. The molecule has 0 heterocycles. The maximum absolute atomic E-state index is 11.7. The van der Waals surface area contributed by atoms with Crippen LogP contribution < -0.4 is 0 Å². The van der Waals surface area contributed by atoms with Crippen molar-refractivity contribution in [1.29, 1.82) is 0 Å². The number of hydrogen-bond donors (Lipinski definition) is 1. The minimum absolute atomic E-state index is 0.109. The summed E-state index contributed by atoms with van der Waals surface area (Å²) in [6.07, 6.45) is -0.761. The van der Waals surface area contributed by atoms with Crippen molar-refractivity contribution >= 4 is 5.78 Å². The Morgan fingerprint density at radius 3 is 2.21 bits per heavy atom. The number of carbonyl (C=O) groups excluding carboxylic acids is 1. The Balaban J connectivity index is 3.15. The Morgan fingerprint density at radius 2 is 1.79 bits per heavy atom. The van der Waals surface area contributed by atoms with Gasteiger partial charge in [-0.2, -0.15) is 0 Å². The van der Waals surface area contributed by atoms with Crippen LogP contribution >= 0.6 is 0 Å². The molecule has 4 heteroatoms. The fourth-order valence-electron chi connectivity index (χ4n) is 1.63. The number of allylic oxidation sites excluding steroid dienone is 1. The SMILES string of the molecule is COC1=C(OC)[C@H](O)[C@@H](C)[C@H](C)C1=O. The first-order chi connectivity index (χ1) is 6.54. The van der Waals surface area contributed by atoms with Crippen molar-refractivity contribution in [3.63, 3.8) is 0 Å². The summed E-state index contributed by atoms with van der Waals surface area (Å²) in [5, 5.41) is 9.81. The number of ketones is 1. The number of hydrogen-bond acceptors (Lipinski definition) is 4. The van der Waals surface area contributed by atoms with Gasteiger partial charge in [-0.25, -0.2) is 0 Å². The molecule has 1 rings (SSSR count). The number of ether oxygens (including phenoxy) is 2. The number of methoxy groups -OCH3 is 2. The Kier molecular flexibility index (Phi) is 3.16. The second-order valence-corrected chi connectivity index (χ2v) is 3.56. The van der Waals surface area contributed by atoms with E-state index in [1.54, 1.807) is 6.92 Å². The van der Waals surface area contributed by atoms with E-state index in [9.17, 15) is 9.90 Å². The van der Waals surface area contributed by atoms with E-state index in [-0.39, 0.29) is 29.1 Å². The van der Waals surface area contributed by atoms with Crippen LogP contribution in [0.3, 0.4) is 0 Å². The molecule has 0 amide bonds. The Bertz CT molecular complexity index is 269. The summed E-state index contributed by atoms with van der Waals surface area (Å²) in [7, 11) is 2.83. The summed E-state index contributed by atoms with van der Waals surface area (Å²) in [6, 6.07) is 0. The molecule has 0 bridgehead atoms. The summed E-state index contributed by atoms with van der Waals surface area (Å²) >= 11 is 0. The van der Waals surface area contributed by atoms with Crippen molar-refractivity contribution in [2.24, 2.45) is 11.8 Å². The first-order valence-electron chi connectivity index (χ1n) is 4.59. The molecule has 0 aromatic heterocycles. The monoisotopic (exact) mass is 200 g/mol. The van der Waals surface area contributed by atoms with E-state index < -0.39 is 6.10 Å². The van der Waals surface area contributed by atoms with Crippen LogP contribution in [0.5, 0.6) is 0 Å². The molecule has 0 unspecified atom stereocenters. The summed E-state index contributed by atoms with van der Waals surface area (Å²) in [5.74, 6) is -0.106. The zero-order valence-corrected chi connectivity index (χ0v) is 8.90. The molecular formula is C10H16O4. The van der Waals surface area contributed by atoms with Gasteiger partial charge < -0.3 is 14.6 Å². The molecule has 0 saturated carbocycles. The maximum atomic E-state index is 11.7. The average molecular weight is 200 g/mol. The molecule has 80 valence electrons. The lowest BCUT2D eigenvalue weighted by Gasteiger charge is -2.31. The van der Waals surface area contributed by atoms with Crippen molar-refractivity contribution in [2.45, 2.75) is 20.0 Å². The van der Waals surface area contributed by atoms with E-state index in [2.05, 4.69) is 0 Å². The number of aliphatic hydroxyl groups is 1. The quantitative estimate of drug-likeness (QED) is 0.713. The van der Waals surface area contributed by atoms with E-state index in [0.29, 0.717) is 0 Å². The molecule has 0 fully saturated rings. The highest BCUT2D eigenvalue weighted by atomic mass is 16.5. The van der Waals surface area contributed by atoms with E-state index >= 15 is 0 Å². The van der Waals surface area contributed by atoms with Crippen LogP contribution in [0.1, 0.15) is 13.8 Å². The molecule has 0 aromatic rings. The van der Waals surface area contributed by atoms with Crippen LogP contribution in [0.2, 0.25) is 0 Å². The van der Waals surface area contributed by atoms with Gasteiger partial charge >= 0.3 is 0 Å². The lowest BCUT2D eigenvalue weighted by Crippen LogP contribution is -2.38. The summed E-state index contributed by atoms with van der Waals surface area (Å²) in [6.45, 7) is 3.60. The molecule has 1 aliphatic carbocycles. The molecule has 0 spiro atoms. The number of carbonyl (C=O) groups is 1. The first-order valence-corrected chi connectivity index (χ1v) is 4.59. The van der Waals surface area contributed by atoms with Crippen LogP contribution in [0.25, 0.3) is 0 Å². The molecule has 0 radical (unpaired) electrons. The van der Waals surface area contributed by atoms with Gasteiger partial charge in [0.05, 0.1) is 14.2 Å². The molecule has 4 nitrogen and oxygen atoms in total. The number of aliphatic hydroxyl groups excluding tert-OH is 1. The minimum Gasteiger partial charge on any atom is -0.494 e. The predicted octanol–water partition coefficient (Wildman–Crippen LogP) is 0.707. The third kappa shape index (κ3) is 1.50. The summed E-state index contributed by atoms with van der Waals surface area (Å²) in [4.78, 5) is 11.7. The van der Waals surface area contributed by atoms with Crippen LogP contribution in [0, 0.1) is 11.8 Å². The summed E-state index contributed by atoms with van der Waals surface area (Å²) in [5.41, 5.74) is 0. The molecule has 14 heavy (non-hydrogen) atoms. The van der Waals surface area contributed by atoms with E-state index in [4.69, 9.17) is 9.47 Å². The Labute approximate surface area is 83.5 Å². The Hall–Kier alpha value is -1.03. The largest absolute Gasteiger partial charge is 0.494 e. The predicted molar refractivity (Wildman–Crippen MR) is 50.4 cm³/mol. The van der Waals surface area contributed by atoms with Crippen LogP contribution in [-0.4, -0.2) is 31.2 Å². The standard InChI is InChI=1S/C10H16O4/c1-5-6(2)8(12)10(14-4)9(13-3)7(5)11/h5-7,11H,1-4H3/t5-,6-,7+/m0/s1. The molecule has 0 aliphatic heterocycles. The van der Waals surface area contributed by atoms with Gasteiger partial charge in [0.25, 0.3) is 0 Å². The van der Waals surface area contributed by atoms with Gasteiger partial charge in [-0.05, 0) is 5.92 Å². The first kappa shape index (κ1) is 11.0.